The molecule has 0 spiro atoms. The van der Waals surface area contributed by atoms with Gasteiger partial charge in [-0.15, -0.1) is 0 Å². The Bertz CT molecular complexity index is 844. The molecule has 4 aliphatic rings. The molecule has 3 saturated carbocycles. The van der Waals surface area contributed by atoms with Crippen LogP contribution < -0.4 is 0 Å². The van der Waals surface area contributed by atoms with Crippen molar-refractivity contribution < 1.29 is 28.6 Å². The van der Waals surface area contributed by atoms with Crippen LogP contribution >= 0.6 is 0 Å². The number of hydrogen-bond acceptors (Lipinski definition) is 6. The molecule has 0 radical (unpaired) electrons. The Morgan fingerprint density at radius 2 is 1.22 bits per heavy atom. The van der Waals surface area contributed by atoms with Gasteiger partial charge < -0.3 is 14.2 Å². The summed E-state index contributed by atoms with van der Waals surface area (Å²) in [5, 5.41) is 0. The summed E-state index contributed by atoms with van der Waals surface area (Å²) in [5.74, 6) is -0.0470. The lowest BCUT2D eigenvalue weighted by molar-refractivity contribution is -0.199. The minimum atomic E-state index is -1.64. The molecule has 0 aromatic rings. The van der Waals surface area contributed by atoms with Crippen molar-refractivity contribution in [2.45, 2.75) is 112 Å². The van der Waals surface area contributed by atoms with E-state index >= 15 is 0 Å². The van der Waals surface area contributed by atoms with Crippen LogP contribution in [0.25, 0.3) is 0 Å². The van der Waals surface area contributed by atoms with Crippen LogP contribution in [0.15, 0.2) is 12.2 Å². The molecule has 0 aliphatic heterocycles. The molecule has 0 saturated heterocycles. The topological polar surface area (TPSA) is 78.9 Å². The third kappa shape index (κ3) is 5.36. The van der Waals surface area contributed by atoms with Crippen LogP contribution in [-0.4, -0.2) is 36.2 Å². The number of fused-ring (bicyclic) bond motifs is 2. The van der Waals surface area contributed by atoms with E-state index in [0.29, 0.717) is 30.1 Å². The molecule has 3 fully saturated rings. The molecule has 6 nitrogen and oxygen atoms in total. The number of carbonyl (C=O) groups is 3. The second-order valence-corrected chi connectivity index (χ2v) is 13.3. The molecule has 4 rings (SSSR count). The largest absolute Gasteiger partial charge is 0.461 e. The van der Waals surface area contributed by atoms with Gasteiger partial charge in [0.2, 0.25) is 5.41 Å². The standard InChI is InChI=1S/C31H48O6/c1-17(2)24-12-8-19(5)14-26(24)36-29(33)31(23-11-10-22(16-23)28(31)35-21(7)32)30(34)37-27-15-20(6)9-13-25(27)18(3)4/h10-11,17-20,22-28H,8-9,12-16H2,1-7H3/t19-,20-,22-,23+,24+,25+,26-,27-,28+/m1/s1. The quantitative estimate of drug-likeness (QED) is 0.176. The zero-order valence-corrected chi connectivity index (χ0v) is 23.9. The summed E-state index contributed by atoms with van der Waals surface area (Å²) < 4.78 is 18.4. The van der Waals surface area contributed by atoms with Gasteiger partial charge in [0.25, 0.3) is 0 Å². The Morgan fingerprint density at radius 3 is 1.65 bits per heavy atom. The summed E-state index contributed by atoms with van der Waals surface area (Å²) in [6.07, 6.45) is 8.94. The highest BCUT2D eigenvalue weighted by atomic mass is 16.6. The van der Waals surface area contributed by atoms with Gasteiger partial charge in [-0.25, -0.2) is 0 Å². The lowest BCUT2D eigenvalue weighted by atomic mass is 9.71. The van der Waals surface area contributed by atoms with E-state index in [-0.39, 0.29) is 35.9 Å². The van der Waals surface area contributed by atoms with Gasteiger partial charge in [-0.05, 0) is 67.6 Å². The second-order valence-electron chi connectivity index (χ2n) is 13.3. The van der Waals surface area contributed by atoms with Crippen molar-refractivity contribution in [3.05, 3.63) is 12.2 Å². The van der Waals surface area contributed by atoms with E-state index in [9.17, 15) is 14.4 Å². The number of esters is 3. The van der Waals surface area contributed by atoms with Gasteiger partial charge in [-0.2, -0.15) is 0 Å². The maximum atomic E-state index is 14.3. The van der Waals surface area contributed by atoms with Crippen molar-refractivity contribution >= 4 is 17.9 Å². The van der Waals surface area contributed by atoms with Crippen molar-refractivity contribution in [2.75, 3.05) is 0 Å². The Morgan fingerprint density at radius 1 is 0.730 bits per heavy atom. The SMILES string of the molecule is CC(=O)O[C@H]1[C@@H]2C=C[C@@H](C2)C1(C(=O)O[C@@H]1C[C@H](C)CC[C@H]1C(C)C)C(=O)O[C@@H]1C[C@H](C)CC[C@H]1C(C)C. The van der Waals surface area contributed by atoms with Crippen molar-refractivity contribution in [1.29, 1.82) is 0 Å². The van der Waals surface area contributed by atoms with E-state index in [1.165, 1.54) is 6.92 Å². The molecule has 0 amide bonds. The van der Waals surface area contributed by atoms with E-state index in [1.54, 1.807) is 0 Å². The number of carbonyl (C=O) groups excluding carboxylic acids is 3. The highest BCUT2D eigenvalue weighted by Gasteiger charge is 2.70. The fourth-order valence-electron chi connectivity index (χ4n) is 7.79. The van der Waals surface area contributed by atoms with Gasteiger partial charge >= 0.3 is 17.9 Å². The maximum Gasteiger partial charge on any atom is 0.328 e. The number of hydrogen-bond donors (Lipinski definition) is 0. The number of rotatable bonds is 7. The van der Waals surface area contributed by atoms with Crippen LogP contribution in [0.1, 0.15) is 93.4 Å². The summed E-state index contributed by atoms with van der Waals surface area (Å²) in [5.41, 5.74) is -1.64. The lowest BCUT2D eigenvalue weighted by Crippen LogP contribution is -2.57. The van der Waals surface area contributed by atoms with Crippen molar-refractivity contribution in [1.82, 2.24) is 0 Å². The number of allylic oxidation sites excluding steroid dienone is 1. The lowest BCUT2D eigenvalue weighted by Gasteiger charge is -2.43. The average Bonchev–Trinajstić information content (AvgIpc) is 3.39. The van der Waals surface area contributed by atoms with E-state index < -0.39 is 29.4 Å². The third-order valence-electron chi connectivity index (χ3n) is 9.95. The summed E-state index contributed by atoms with van der Waals surface area (Å²) in [6.45, 7) is 14.4. The highest BCUT2D eigenvalue weighted by Crippen LogP contribution is 2.56. The normalized spacial score (nSPS) is 38.6. The van der Waals surface area contributed by atoms with Crippen LogP contribution in [0, 0.1) is 52.8 Å². The van der Waals surface area contributed by atoms with Crippen LogP contribution in [0.5, 0.6) is 0 Å². The van der Waals surface area contributed by atoms with Crippen molar-refractivity contribution in [3.8, 4) is 0 Å². The first kappa shape index (κ1) is 28.2. The summed E-state index contributed by atoms with van der Waals surface area (Å²) >= 11 is 0. The Labute approximate surface area is 223 Å². The van der Waals surface area contributed by atoms with Crippen LogP contribution in [0.4, 0.5) is 0 Å². The van der Waals surface area contributed by atoms with Gasteiger partial charge in [0.1, 0.15) is 18.3 Å². The first-order chi connectivity index (χ1) is 17.4. The Balaban J connectivity index is 1.68. The number of ether oxygens (including phenoxy) is 3. The zero-order valence-electron chi connectivity index (χ0n) is 23.9. The van der Waals surface area contributed by atoms with E-state index in [1.807, 2.05) is 12.2 Å². The molecular weight excluding hydrogens is 468 g/mol. The molecule has 208 valence electrons. The predicted octanol–water partition coefficient (Wildman–Crippen LogP) is 6.12. The smallest absolute Gasteiger partial charge is 0.328 e. The van der Waals surface area contributed by atoms with Crippen LogP contribution in [-0.2, 0) is 28.6 Å². The minimum Gasteiger partial charge on any atom is -0.461 e. The first-order valence-electron chi connectivity index (χ1n) is 14.7. The van der Waals surface area contributed by atoms with Gasteiger partial charge in [-0.1, -0.05) is 66.5 Å². The van der Waals surface area contributed by atoms with E-state index in [4.69, 9.17) is 14.2 Å². The summed E-state index contributed by atoms with van der Waals surface area (Å²) in [4.78, 5) is 40.8. The second kappa shape index (κ2) is 11.1. The molecule has 6 heteroatoms. The zero-order chi connectivity index (χ0) is 27.1. The molecule has 4 aliphatic carbocycles. The Kier molecular flexibility index (Phi) is 8.45. The first-order valence-corrected chi connectivity index (χ1v) is 14.7. The molecule has 0 aromatic heterocycles. The molecule has 37 heavy (non-hydrogen) atoms. The minimum absolute atomic E-state index is 0.189. The average molecular weight is 517 g/mol. The molecule has 9 atom stereocenters. The fourth-order valence-corrected chi connectivity index (χ4v) is 7.79. The Hall–Kier alpha value is -1.85. The third-order valence-corrected chi connectivity index (χ3v) is 9.95. The summed E-state index contributed by atoms with van der Waals surface area (Å²) in [6, 6.07) is 0. The van der Waals surface area contributed by atoms with Crippen LogP contribution in [0.3, 0.4) is 0 Å². The van der Waals surface area contributed by atoms with Crippen molar-refractivity contribution in [2.24, 2.45) is 52.8 Å². The van der Waals surface area contributed by atoms with E-state index in [2.05, 4.69) is 41.5 Å². The molecule has 0 unspecified atom stereocenters. The monoisotopic (exact) mass is 516 g/mol. The molecule has 0 N–H and O–H groups in total. The summed E-state index contributed by atoms with van der Waals surface area (Å²) in [7, 11) is 0. The predicted molar refractivity (Wildman–Crippen MR) is 141 cm³/mol. The van der Waals surface area contributed by atoms with Gasteiger partial charge in [-0.3, -0.25) is 14.4 Å². The van der Waals surface area contributed by atoms with Gasteiger partial charge in [0, 0.05) is 18.8 Å². The fraction of sp³-hybridized carbons (Fsp3) is 0.839. The van der Waals surface area contributed by atoms with Gasteiger partial charge in [0.15, 0.2) is 0 Å². The van der Waals surface area contributed by atoms with Gasteiger partial charge in [0.05, 0.1) is 0 Å². The van der Waals surface area contributed by atoms with E-state index in [0.717, 1.165) is 38.5 Å². The highest BCUT2D eigenvalue weighted by molar-refractivity contribution is 6.03. The van der Waals surface area contributed by atoms with Crippen molar-refractivity contribution in [3.63, 3.8) is 0 Å². The maximum absolute atomic E-state index is 14.3. The molecule has 2 bridgehead atoms. The molecular formula is C31H48O6. The molecule has 0 aromatic carbocycles. The van der Waals surface area contributed by atoms with Crippen LogP contribution in [0.2, 0.25) is 0 Å². The molecule has 0 heterocycles.